The highest BCUT2D eigenvalue weighted by Crippen LogP contribution is 2.16. The van der Waals surface area contributed by atoms with Crippen molar-refractivity contribution in [3.8, 4) is 0 Å². The van der Waals surface area contributed by atoms with E-state index in [4.69, 9.17) is 11.6 Å². The van der Waals surface area contributed by atoms with Gasteiger partial charge in [0.15, 0.2) is 0 Å². The highest BCUT2D eigenvalue weighted by molar-refractivity contribution is 6.30. The molecule has 0 spiro atoms. The molecule has 1 unspecified atom stereocenters. The van der Waals surface area contributed by atoms with Gasteiger partial charge in [0.05, 0.1) is 0 Å². The molecule has 0 radical (unpaired) electrons. The maximum absolute atomic E-state index is 13.5. The number of hydrogen-bond acceptors (Lipinski definition) is 2. The van der Waals surface area contributed by atoms with Crippen LogP contribution in [0, 0.1) is 12.7 Å². The van der Waals surface area contributed by atoms with Gasteiger partial charge in [-0.05, 0) is 55.8 Å². The maximum Gasteiger partial charge on any atom is 0.246 e. The minimum atomic E-state index is -0.497. The van der Waals surface area contributed by atoms with Crippen molar-refractivity contribution in [1.82, 2.24) is 0 Å². The molecule has 5 heteroatoms. The van der Waals surface area contributed by atoms with Crippen molar-refractivity contribution in [2.75, 3.05) is 10.6 Å². The third-order valence-corrected chi connectivity index (χ3v) is 3.31. The van der Waals surface area contributed by atoms with Gasteiger partial charge >= 0.3 is 0 Å². The lowest BCUT2D eigenvalue weighted by atomic mass is 10.2. The number of nitrogens with one attached hydrogen (secondary N) is 2. The highest BCUT2D eigenvalue weighted by atomic mass is 35.5. The summed E-state index contributed by atoms with van der Waals surface area (Å²) in [5.74, 6) is -0.511. The minimum Gasteiger partial charge on any atom is -0.374 e. The van der Waals surface area contributed by atoms with Crippen LogP contribution in [0.15, 0.2) is 42.5 Å². The SMILES string of the molecule is Cc1ccc(NC(C)C(=O)Nc2ccc(Cl)cc2)cc1F. The van der Waals surface area contributed by atoms with Crippen molar-refractivity contribution in [2.24, 2.45) is 0 Å². The number of rotatable bonds is 4. The summed E-state index contributed by atoms with van der Waals surface area (Å²) in [7, 11) is 0. The molecule has 1 amide bonds. The van der Waals surface area contributed by atoms with Gasteiger partial charge in [-0.1, -0.05) is 17.7 Å². The first-order valence-corrected chi connectivity index (χ1v) is 6.92. The van der Waals surface area contributed by atoms with E-state index >= 15 is 0 Å². The van der Waals surface area contributed by atoms with Crippen LogP contribution in [0.5, 0.6) is 0 Å². The summed E-state index contributed by atoms with van der Waals surface area (Å²) in [5, 5.41) is 6.33. The van der Waals surface area contributed by atoms with Crippen LogP contribution >= 0.6 is 11.6 Å². The Hall–Kier alpha value is -2.07. The number of amides is 1. The van der Waals surface area contributed by atoms with Gasteiger partial charge < -0.3 is 10.6 Å². The van der Waals surface area contributed by atoms with Crippen molar-refractivity contribution < 1.29 is 9.18 Å². The van der Waals surface area contributed by atoms with E-state index in [1.54, 1.807) is 50.2 Å². The predicted molar refractivity (Wildman–Crippen MR) is 84.3 cm³/mol. The highest BCUT2D eigenvalue weighted by Gasteiger charge is 2.13. The van der Waals surface area contributed by atoms with Gasteiger partial charge in [0.25, 0.3) is 0 Å². The first-order chi connectivity index (χ1) is 9.95. The molecule has 0 heterocycles. The van der Waals surface area contributed by atoms with E-state index in [1.165, 1.54) is 6.07 Å². The summed E-state index contributed by atoms with van der Waals surface area (Å²) in [6.07, 6.45) is 0. The summed E-state index contributed by atoms with van der Waals surface area (Å²) < 4.78 is 13.5. The van der Waals surface area contributed by atoms with E-state index < -0.39 is 6.04 Å². The quantitative estimate of drug-likeness (QED) is 0.887. The van der Waals surface area contributed by atoms with Crippen LogP contribution in [0.2, 0.25) is 5.02 Å². The number of halogens is 2. The van der Waals surface area contributed by atoms with Crippen molar-refractivity contribution >= 4 is 28.9 Å². The lowest BCUT2D eigenvalue weighted by molar-refractivity contribution is -0.116. The number of anilines is 2. The number of benzene rings is 2. The Labute approximate surface area is 128 Å². The Balaban J connectivity index is 1.98. The Bertz CT molecular complexity index is 643. The molecule has 0 aliphatic rings. The molecule has 2 N–H and O–H groups in total. The molecule has 2 rings (SSSR count). The minimum absolute atomic E-state index is 0.210. The van der Waals surface area contributed by atoms with Crippen LogP contribution < -0.4 is 10.6 Å². The Morgan fingerprint density at radius 1 is 1.14 bits per heavy atom. The monoisotopic (exact) mass is 306 g/mol. The number of hydrogen-bond donors (Lipinski definition) is 2. The van der Waals surface area contributed by atoms with Crippen molar-refractivity contribution in [3.63, 3.8) is 0 Å². The van der Waals surface area contributed by atoms with Gasteiger partial charge in [-0.25, -0.2) is 4.39 Å². The molecule has 0 aromatic heterocycles. The first-order valence-electron chi connectivity index (χ1n) is 6.55. The van der Waals surface area contributed by atoms with E-state index in [0.29, 0.717) is 22.0 Å². The largest absolute Gasteiger partial charge is 0.374 e. The molecule has 0 aliphatic carbocycles. The molecule has 3 nitrogen and oxygen atoms in total. The molecule has 0 saturated heterocycles. The molecule has 0 aliphatic heterocycles. The van der Waals surface area contributed by atoms with Crippen LogP contribution in [-0.4, -0.2) is 11.9 Å². The lowest BCUT2D eigenvalue weighted by Gasteiger charge is -2.15. The van der Waals surface area contributed by atoms with E-state index in [1.807, 2.05) is 0 Å². The van der Waals surface area contributed by atoms with Gasteiger partial charge in [-0.2, -0.15) is 0 Å². The fraction of sp³-hybridized carbons (Fsp3) is 0.188. The molecular formula is C16H16ClFN2O. The third kappa shape index (κ3) is 4.20. The second kappa shape index (κ2) is 6.59. The zero-order valence-electron chi connectivity index (χ0n) is 11.8. The first kappa shape index (κ1) is 15.3. The summed E-state index contributed by atoms with van der Waals surface area (Å²) in [6.45, 7) is 3.40. The topological polar surface area (TPSA) is 41.1 Å². The van der Waals surface area contributed by atoms with E-state index in [0.717, 1.165) is 0 Å². The number of aryl methyl sites for hydroxylation is 1. The number of carbonyl (C=O) groups excluding carboxylic acids is 1. The maximum atomic E-state index is 13.5. The average Bonchev–Trinajstić information content (AvgIpc) is 2.45. The third-order valence-electron chi connectivity index (χ3n) is 3.06. The average molecular weight is 307 g/mol. The van der Waals surface area contributed by atoms with Crippen LogP contribution in [0.3, 0.4) is 0 Å². The standard InChI is InChI=1S/C16H16ClFN2O/c1-10-3-6-14(9-15(10)18)19-11(2)16(21)20-13-7-4-12(17)5-8-13/h3-9,11,19H,1-2H3,(H,20,21). The Morgan fingerprint density at radius 2 is 1.76 bits per heavy atom. The number of carbonyl (C=O) groups is 1. The molecule has 1 atom stereocenters. The van der Waals surface area contributed by atoms with E-state index in [2.05, 4.69) is 10.6 Å². The van der Waals surface area contributed by atoms with Crippen molar-refractivity contribution in [2.45, 2.75) is 19.9 Å². The van der Waals surface area contributed by atoms with Crippen LogP contribution in [0.4, 0.5) is 15.8 Å². The van der Waals surface area contributed by atoms with Crippen molar-refractivity contribution in [3.05, 3.63) is 58.9 Å². The van der Waals surface area contributed by atoms with Crippen LogP contribution in [0.1, 0.15) is 12.5 Å². The summed E-state index contributed by atoms with van der Waals surface area (Å²) >= 11 is 5.79. The predicted octanol–water partition coefficient (Wildman–Crippen LogP) is 4.23. The molecule has 2 aromatic rings. The fourth-order valence-electron chi connectivity index (χ4n) is 1.78. The zero-order chi connectivity index (χ0) is 15.4. The normalized spacial score (nSPS) is 11.8. The van der Waals surface area contributed by atoms with Crippen LogP contribution in [-0.2, 0) is 4.79 Å². The van der Waals surface area contributed by atoms with Crippen molar-refractivity contribution in [1.29, 1.82) is 0 Å². The smallest absolute Gasteiger partial charge is 0.246 e. The van der Waals surface area contributed by atoms with Gasteiger partial charge in [-0.3, -0.25) is 4.79 Å². The second-order valence-corrected chi connectivity index (χ2v) is 5.26. The van der Waals surface area contributed by atoms with Crippen LogP contribution in [0.25, 0.3) is 0 Å². The molecule has 21 heavy (non-hydrogen) atoms. The molecule has 2 aromatic carbocycles. The molecular weight excluding hydrogens is 291 g/mol. The lowest BCUT2D eigenvalue weighted by Crippen LogP contribution is -2.31. The summed E-state index contributed by atoms with van der Waals surface area (Å²) in [5.41, 5.74) is 1.80. The molecule has 110 valence electrons. The zero-order valence-corrected chi connectivity index (χ0v) is 12.5. The Kier molecular flexibility index (Phi) is 4.81. The van der Waals surface area contributed by atoms with E-state index in [-0.39, 0.29) is 11.7 Å². The van der Waals surface area contributed by atoms with Gasteiger partial charge in [-0.15, -0.1) is 0 Å². The summed E-state index contributed by atoms with van der Waals surface area (Å²) in [6, 6.07) is 11.1. The summed E-state index contributed by atoms with van der Waals surface area (Å²) in [4.78, 5) is 12.1. The fourth-order valence-corrected chi connectivity index (χ4v) is 1.91. The Morgan fingerprint density at radius 3 is 2.38 bits per heavy atom. The van der Waals surface area contributed by atoms with Gasteiger partial charge in [0.1, 0.15) is 11.9 Å². The van der Waals surface area contributed by atoms with E-state index in [9.17, 15) is 9.18 Å². The van der Waals surface area contributed by atoms with Gasteiger partial charge in [0.2, 0.25) is 5.91 Å². The van der Waals surface area contributed by atoms with Gasteiger partial charge in [0, 0.05) is 16.4 Å². The molecule has 0 saturated carbocycles. The molecule has 0 bridgehead atoms. The second-order valence-electron chi connectivity index (χ2n) is 4.83. The molecule has 0 fully saturated rings.